The Morgan fingerprint density at radius 1 is 1.41 bits per heavy atom. The van der Waals surface area contributed by atoms with Crippen LogP contribution in [0.2, 0.25) is 0 Å². The molecule has 4 nitrogen and oxygen atoms in total. The molecule has 88 valence electrons. The zero-order chi connectivity index (χ0) is 12.3. The second-order valence-corrected chi connectivity index (χ2v) is 4.73. The van der Waals surface area contributed by atoms with Crippen molar-refractivity contribution in [3.63, 3.8) is 0 Å². The van der Waals surface area contributed by atoms with Crippen molar-refractivity contribution in [2.24, 2.45) is 0 Å². The van der Waals surface area contributed by atoms with Gasteiger partial charge < -0.3 is 5.32 Å². The summed E-state index contributed by atoms with van der Waals surface area (Å²) in [6, 6.07) is 6.11. The van der Waals surface area contributed by atoms with Crippen LogP contribution in [0.15, 0.2) is 23.7 Å². The average molecular weight is 247 g/mol. The summed E-state index contributed by atoms with van der Waals surface area (Å²) in [6.45, 7) is 4.03. The van der Waals surface area contributed by atoms with Crippen LogP contribution in [0, 0.1) is 13.8 Å². The Hall–Kier alpha value is -1.75. The first-order valence-corrected chi connectivity index (χ1v) is 6.15. The fourth-order valence-electron chi connectivity index (χ4n) is 1.55. The molecule has 0 bridgehead atoms. The number of carbonyl (C=O) groups is 1. The largest absolute Gasteiger partial charge is 0.300 e. The third-order valence-corrected chi connectivity index (χ3v) is 3.07. The van der Waals surface area contributed by atoms with Crippen molar-refractivity contribution in [2.75, 3.05) is 5.32 Å². The fraction of sp³-hybridized carbons (Fsp3) is 0.250. The summed E-state index contributed by atoms with van der Waals surface area (Å²) < 4.78 is 0. The lowest BCUT2D eigenvalue weighted by Crippen LogP contribution is -2.15. The molecule has 1 heterocycles. The molecule has 17 heavy (non-hydrogen) atoms. The predicted molar refractivity (Wildman–Crippen MR) is 68.2 cm³/mol. The Kier molecular flexibility index (Phi) is 3.49. The van der Waals surface area contributed by atoms with Crippen molar-refractivity contribution in [1.82, 2.24) is 10.2 Å². The molecule has 0 aliphatic rings. The summed E-state index contributed by atoms with van der Waals surface area (Å²) in [5.41, 5.74) is 4.93. The molecule has 2 aromatic rings. The molecule has 0 saturated carbocycles. The molecular weight excluding hydrogens is 234 g/mol. The molecule has 5 heteroatoms. The van der Waals surface area contributed by atoms with Gasteiger partial charge in [0, 0.05) is 0 Å². The van der Waals surface area contributed by atoms with Crippen molar-refractivity contribution in [1.29, 1.82) is 0 Å². The van der Waals surface area contributed by atoms with E-state index in [1.165, 1.54) is 11.3 Å². The Labute approximate surface area is 104 Å². The van der Waals surface area contributed by atoms with Gasteiger partial charge in [0.2, 0.25) is 11.0 Å². The van der Waals surface area contributed by atoms with Crippen molar-refractivity contribution in [2.45, 2.75) is 20.3 Å². The van der Waals surface area contributed by atoms with Crippen molar-refractivity contribution in [3.05, 3.63) is 40.4 Å². The van der Waals surface area contributed by atoms with Crippen molar-refractivity contribution < 1.29 is 4.79 Å². The van der Waals surface area contributed by atoms with Crippen LogP contribution >= 0.6 is 11.3 Å². The number of anilines is 1. The van der Waals surface area contributed by atoms with E-state index in [0.717, 1.165) is 16.7 Å². The Morgan fingerprint density at radius 3 is 2.94 bits per heavy atom. The summed E-state index contributed by atoms with van der Waals surface area (Å²) >= 11 is 1.31. The maximum absolute atomic E-state index is 11.8. The first kappa shape index (κ1) is 11.7. The second-order valence-electron chi connectivity index (χ2n) is 3.90. The molecule has 0 unspecified atom stereocenters. The highest BCUT2D eigenvalue weighted by molar-refractivity contribution is 7.13. The van der Waals surface area contributed by atoms with Crippen LogP contribution in [0.25, 0.3) is 0 Å². The molecule has 1 amide bonds. The predicted octanol–water partition coefficient (Wildman–Crippen LogP) is 2.34. The molecule has 0 aliphatic carbocycles. The average Bonchev–Trinajstić information content (AvgIpc) is 2.76. The molecule has 0 spiro atoms. The lowest BCUT2D eigenvalue weighted by molar-refractivity contribution is -0.115. The molecule has 1 aromatic heterocycles. The van der Waals surface area contributed by atoms with Crippen LogP contribution in [0.3, 0.4) is 0 Å². The second kappa shape index (κ2) is 5.05. The summed E-state index contributed by atoms with van der Waals surface area (Å²) in [5.74, 6) is -0.0598. The number of hydrogen-bond donors (Lipinski definition) is 1. The topological polar surface area (TPSA) is 54.9 Å². The minimum Gasteiger partial charge on any atom is -0.300 e. The third kappa shape index (κ3) is 3.10. The van der Waals surface area contributed by atoms with Gasteiger partial charge in [0.05, 0.1) is 6.42 Å². The number of hydrogen-bond acceptors (Lipinski definition) is 4. The van der Waals surface area contributed by atoms with Crippen LogP contribution in [0.1, 0.15) is 16.7 Å². The molecule has 0 aliphatic heterocycles. The van der Waals surface area contributed by atoms with Crippen LogP contribution in [0.5, 0.6) is 0 Å². The fourth-order valence-corrected chi connectivity index (χ4v) is 2.02. The van der Waals surface area contributed by atoms with Gasteiger partial charge in [0.25, 0.3) is 0 Å². The molecule has 0 saturated heterocycles. The van der Waals surface area contributed by atoms with E-state index in [1.807, 2.05) is 32.0 Å². The van der Waals surface area contributed by atoms with Crippen LogP contribution < -0.4 is 5.32 Å². The lowest BCUT2D eigenvalue weighted by atomic mass is 10.0. The van der Waals surface area contributed by atoms with Crippen molar-refractivity contribution >= 4 is 22.4 Å². The van der Waals surface area contributed by atoms with E-state index < -0.39 is 0 Å². The maximum atomic E-state index is 11.8. The standard InChI is InChI=1S/C12H13N3OS/c1-8-3-4-9(2)10(5-8)6-11(16)14-12-15-13-7-17-12/h3-5,7H,6H2,1-2H3,(H,14,15,16). The SMILES string of the molecule is Cc1ccc(C)c(CC(=O)Nc2nncs2)c1. The Balaban J connectivity index is 2.05. The van der Waals surface area contributed by atoms with Crippen molar-refractivity contribution in [3.8, 4) is 0 Å². The number of rotatable bonds is 3. The smallest absolute Gasteiger partial charge is 0.230 e. The van der Waals surface area contributed by atoms with Crippen LogP contribution in [-0.2, 0) is 11.2 Å². The van der Waals surface area contributed by atoms with Gasteiger partial charge in [-0.25, -0.2) is 0 Å². The first-order valence-electron chi connectivity index (χ1n) is 5.27. The molecule has 1 N–H and O–H groups in total. The van der Waals surface area contributed by atoms with Gasteiger partial charge >= 0.3 is 0 Å². The Bertz CT molecular complexity index is 523. The molecular formula is C12H13N3OS. The zero-order valence-electron chi connectivity index (χ0n) is 9.73. The third-order valence-electron chi connectivity index (χ3n) is 2.46. The monoisotopic (exact) mass is 247 g/mol. The highest BCUT2D eigenvalue weighted by atomic mass is 32.1. The van der Waals surface area contributed by atoms with E-state index in [0.29, 0.717) is 11.6 Å². The lowest BCUT2D eigenvalue weighted by Gasteiger charge is -2.06. The highest BCUT2D eigenvalue weighted by Crippen LogP contribution is 2.13. The first-order chi connectivity index (χ1) is 8.15. The minimum atomic E-state index is -0.0598. The number of nitrogens with one attached hydrogen (secondary N) is 1. The minimum absolute atomic E-state index is 0.0598. The number of benzene rings is 1. The van der Waals surface area contributed by atoms with Gasteiger partial charge in [0.1, 0.15) is 5.51 Å². The number of nitrogens with zero attached hydrogens (tertiary/aromatic N) is 2. The normalized spacial score (nSPS) is 10.2. The Morgan fingerprint density at radius 2 is 2.24 bits per heavy atom. The number of carbonyl (C=O) groups excluding carboxylic acids is 1. The van der Waals surface area contributed by atoms with Gasteiger partial charge in [-0.2, -0.15) is 0 Å². The summed E-state index contributed by atoms with van der Waals surface area (Å²) in [6.07, 6.45) is 0.368. The summed E-state index contributed by atoms with van der Waals surface area (Å²) in [7, 11) is 0. The summed E-state index contributed by atoms with van der Waals surface area (Å²) in [4.78, 5) is 11.8. The zero-order valence-corrected chi connectivity index (χ0v) is 10.5. The highest BCUT2D eigenvalue weighted by Gasteiger charge is 2.08. The van der Waals surface area contributed by atoms with E-state index in [1.54, 1.807) is 5.51 Å². The number of aromatic nitrogens is 2. The van der Waals surface area contributed by atoms with Gasteiger partial charge in [0.15, 0.2) is 0 Å². The maximum Gasteiger partial charge on any atom is 0.230 e. The van der Waals surface area contributed by atoms with E-state index in [9.17, 15) is 4.79 Å². The quantitative estimate of drug-likeness (QED) is 0.905. The van der Waals surface area contributed by atoms with Gasteiger partial charge in [-0.05, 0) is 25.0 Å². The number of amides is 1. The molecule has 0 radical (unpaired) electrons. The van der Waals surface area contributed by atoms with E-state index >= 15 is 0 Å². The van der Waals surface area contributed by atoms with Crippen LogP contribution in [0.4, 0.5) is 5.13 Å². The van der Waals surface area contributed by atoms with Gasteiger partial charge in [-0.1, -0.05) is 35.1 Å². The number of aryl methyl sites for hydroxylation is 2. The van der Waals surface area contributed by atoms with E-state index in [4.69, 9.17) is 0 Å². The van der Waals surface area contributed by atoms with Crippen LogP contribution in [-0.4, -0.2) is 16.1 Å². The molecule has 0 fully saturated rings. The molecule has 1 aromatic carbocycles. The van der Waals surface area contributed by atoms with E-state index in [2.05, 4.69) is 15.5 Å². The summed E-state index contributed by atoms with van der Waals surface area (Å²) in [5, 5.41) is 10.7. The van der Waals surface area contributed by atoms with Gasteiger partial charge in [-0.15, -0.1) is 10.2 Å². The van der Waals surface area contributed by atoms with Gasteiger partial charge in [-0.3, -0.25) is 4.79 Å². The molecule has 0 atom stereocenters. The molecule has 2 rings (SSSR count). The van der Waals surface area contributed by atoms with E-state index in [-0.39, 0.29) is 5.91 Å².